The molecule has 0 saturated heterocycles. The summed E-state index contributed by atoms with van der Waals surface area (Å²) in [5.41, 5.74) is 2.22. The molecule has 1 aromatic heterocycles. The van der Waals surface area contributed by atoms with E-state index in [9.17, 15) is 13.2 Å². The number of rotatable bonds is 8. The van der Waals surface area contributed by atoms with Crippen LogP contribution in [0.1, 0.15) is 24.0 Å². The van der Waals surface area contributed by atoms with E-state index < -0.39 is 10.0 Å². The normalized spacial score (nSPS) is 11.3. The summed E-state index contributed by atoms with van der Waals surface area (Å²) in [5.74, 6) is -0.0825. The molecule has 0 atom stereocenters. The van der Waals surface area contributed by atoms with Crippen molar-refractivity contribution >= 4 is 27.3 Å². The Morgan fingerprint density at radius 2 is 1.91 bits per heavy atom. The third kappa shape index (κ3) is 5.78. The molecule has 0 aliphatic heterocycles. The van der Waals surface area contributed by atoms with Gasteiger partial charge in [0.15, 0.2) is 0 Å². The van der Waals surface area contributed by atoms with Gasteiger partial charge in [-0.25, -0.2) is 13.1 Å². The average molecular weight is 352 g/mol. The van der Waals surface area contributed by atoms with Crippen LogP contribution < -0.4 is 10.0 Å². The molecular formula is C16H20N2O3S2. The molecule has 0 unspecified atom stereocenters. The van der Waals surface area contributed by atoms with Gasteiger partial charge in [-0.2, -0.15) is 0 Å². The van der Waals surface area contributed by atoms with Crippen LogP contribution in [0.25, 0.3) is 0 Å². The molecule has 1 amide bonds. The third-order valence-electron chi connectivity index (χ3n) is 3.24. The highest BCUT2D eigenvalue weighted by Gasteiger charge is 2.14. The van der Waals surface area contributed by atoms with Crippen molar-refractivity contribution in [1.82, 2.24) is 10.0 Å². The second kappa shape index (κ2) is 8.24. The smallest absolute Gasteiger partial charge is 0.250 e. The highest BCUT2D eigenvalue weighted by molar-refractivity contribution is 7.91. The quantitative estimate of drug-likeness (QED) is 0.717. The molecule has 0 saturated carbocycles. The summed E-state index contributed by atoms with van der Waals surface area (Å²) in [5, 5.41) is 4.54. The topological polar surface area (TPSA) is 75.3 Å². The fourth-order valence-electron chi connectivity index (χ4n) is 1.94. The van der Waals surface area contributed by atoms with E-state index >= 15 is 0 Å². The predicted octanol–water partition coefficient (Wildman–Crippen LogP) is 2.43. The summed E-state index contributed by atoms with van der Waals surface area (Å²) in [4.78, 5) is 11.8. The lowest BCUT2D eigenvalue weighted by molar-refractivity contribution is -0.121. The minimum Gasteiger partial charge on any atom is -0.352 e. The van der Waals surface area contributed by atoms with Crippen molar-refractivity contribution in [3.8, 4) is 0 Å². The molecule has 0 bridgehead atoms. The molecule has 0 radical (unpaired) electrons. The molecular weight excluding hydrogens is 332 g/mol. The maximum Gasteiger partial charge on any atom is 0.250 e. The summed E-state index contributed by atoms with van der Waals surface area (Å²) in [6.45, 7) is 2.75. The summed E-state index contributed by atoms with van der Waals surface area (Å²) >= 11 is 1.17. The van der Waals surface area contributed by atoms with Crippen LogP contribution in [0.4, 0.5) is 0 Å². The number of thiophene rings is 1. The van der Waals surface area contributed by atoms with Gasteiger partial charge in [0.05, 0.1) is 0 Å². The molecule has 2 aromatic rings. The number of hydrogen-bond donors (Lipinski definition) is 2. The Hall–Kier alpha value is -1.70. The maximum atomic E-state index is 11.9. The number of benzene rings is 1. The van der Waals surface area contributed by atoms with Gasteiger partial charge in [-0.1, -0.05) is 35.9 Å². The molecule has 5 nitrogen and oxygen atoms in total. The number of carbonyl (C=O) groups excluding carboxylic acids is 1. The van der Waals surface area contributed by atoms with E-state index in [2.05, 4.69) is 10.0 Å². The second-order valence-corrected chi connectivity index (χ2v) is 8.14. The van der Waals surface area contributed by atoms with Crippen LogP contribution in [0.15, 0.2) is 46.0 Å². The van der Waals surface area contributed by atoms with Crippen molar-refractivity contribution in [1.29, 1.82) is 0 Å². The lowest BCUT2D eigenvalue weighted by Crippen LogP contribution is -2.27. The third-order valence-corrected chi connectivity index (χ3v) is 6.10. The standard InChI is InChI=1S/C16H20N2O3S2/c1-13-6-8-14(9-7-13)12-17-15(19)4-2-10-18-23(20,21)16-5-3-11-22-16/h3,5-9,11,18H,2,4,10,12H2,1H3,(H,17,19). The minimum absolute atomic E-state index is 0.0825. The van der Waals surface area contributed by atoms with Gasteiger partial charge in [0.2, 0.25) is 15.9 Å². The summed E-state index contributed by atoms with van der Waals surface area (Å²) in [6.07, 6.45) is 0.753. The fraction of sp³-hybridized carbons (Fsp3) is 0.312. The first kappa shape index (κ1) is 17.7. The number of hydrogen-bond acceptors (Lipinski definition) is 4. The molecule has 2 rings (SSSR count). The van der Waals surface area contributed by atoms with E-state index in [4.69, 9.17) is 0 Å². The van der Waals surface area contributed by atoms with Crippen molar-refractivity contribution in [3.63, 3.8) is 0 Å². The van der Waals surface area contributed by atoms with Gasteiger partial charge < -0.3 is 5.32 Å². The maximum absolute atomic E-state index is 11.9. The molecule has 1 heterocycles. The van der Waals surface area contributed by atoms with Crippen LogP contribution in [0, 0.1) is 6.92 Å². The van der Waals surface area contributed by atoms with Crippen molar-refractivity contribution in [3.05, 3.63) is 52.9 Å². The monoisotopic (exact) mass is 352 g/mol. The largest absolute Gasteiger partial charge is 0.352 e. The van der Waals surface area contributed by atoms with Gasteiger partial charge in [0.25, 0.3) is 0 Å². The highest BCUT2D eigenvalue weighted by atomic mass is 32.2. The SMILES string of the molecule is Cc1ccc(CNC(=O)CCCNS(=O)(=O)c2cccs2)cc1. The van der Waals surface area contributed by atoms with Crippen LogP contribution in [-0.2, 0) is 21.4 Å². The van der Waals surface area contributed by atoms with Gasteiger partial charge in [-0.15, -0.1) is 11.3 Å². The lowest BCUT2D eigenvalue weighted by atomic mass is 10.1. The van der Waals surface area contributed by atoms with E-state index in [1.807, 2.05) is 31.2 Å². The van der Waals surface area contributed by atoms with E-state index in [0.29, 0.717) is 23.6 Å². The molecule has 23 heavy (non-hydrogen) atoms. The fourth-order valence-corrected chi connectivity index (χ4v) is 4.05. The van der Waals surface area contributed by atoms with E-state index in [0.717, 1.165) is 5.56 Å². The van der Waals surface area contributed by atoms with Crippen LogP contribution in [0.3, 0.4) is 0 Å². The number of sulfonamides is 1. The zero-order chi connectivity index (χ0) is 16.7. The van der Waals surface area contributed by atoms with E-state index in [1.165, 1.54) is 16.9 Å². The molecule has 2 N–H and O–H groups in total. The van der Waals surface area contributed by atoms with Gasteiger partial charge in [0.1, 0.15) is 4.21 Å². The Morgan fingerprint density at radius 1 is 1.17 bits per heavy atom. The van der Waals surface area contributed by atoms with Crippen molar-refractivity contribution < 1.29 is 13.2 Å². The molecule has 124 valence electrons. The highest BCUT2D eigenvalue weighted by Crippen LogP contribution is 2.15. The lowest BCUT2D eigenvalue weighted by Gasteiger charge is -2.07. The molecule has 0 aliphatic carbocycles. The van der Waals surface area contributed by atoms with Crippen molar-refractivity contribution in [2.24, 2.45) is 0 Å². The number of carbonyl (C=O) groups is 1. The van der Waals surface area contributed by atoms with Crippen molar-refractivity contribution in [2.75, 3.05) is 6.54 Å². The zero-order valence-corrected chi connectivity index (χ0v) is 14.5. The average Bonchev–Trinajstić information content (AvgIpc) is 3.06. The number of amides is 1. The molecule has 0 aliphatic rings. The summed E-state index contributed by atoms with van der Waals surface area (Å²) in [7, 11) is -3.44. The number of nitrogens with one attached hydrogen (secondary N) is 2. The summed E-state index contributed by atoms with van der Waals surface area (Å²) < 4.78 is 26.5. The Labute approximate surface area is 140 Å². The van der Waals surface area contributed by atoms with Crippen LogP contribution in [0.2, 0.25) is 0 Å². The minimum atomic E-state index is -3.44. The van der Waals surface area contributed by atoms with Gasteiger partial charge in [0, 0.05) is 19.5 Å². The first-order valence-corrected chi connectivity index (χ1v) is 9.69. The Bertz CT molecular complexity index is 723. The van der Waals surface area contributed by atoms with E-state index in [1.54, 1.807) is 17.5 Å². The van der Waals surface area contributed by atoms with Gasteiger partial charge in [-0.3, -0.25) is 4.79 Å². The Balaban J connectivity index is 1.66. The molecule has 1 aromatic carbocycles. The van der Waals surface area contributed by atoms with Crippen LogP contribution in [-0.4, -0.2) is 20.9 Å². The molecule has 7 heteroatoms. The first-order valence-electron chi connectivity index (χ1n) is 7.33. The predicted molar refractivity (Wildman–Crippen MR) is 91.8 cm³/mol. The summed E-state index contributed by atoms with van der Waals surface area (Å²) in [6, 6.07) is 11.2. The first-order chi connectivity index (χ1) is 11.0. The Kier molecular flexibility index (Phi) is 6.32. The van der Waals surface area contributed by atoms with Gasteiger partial charge in [-0.05, 0) is 30.4 Å². The second-order valence-electron chi connectivity index (χ2n) is 5.20. The van der Waals surface area contributed by atoms with Gasteiger partial charge >= 0.3 is 0 Å². The zero-order valence-electron chi connectivity index (χ0n) is 12.9. The molecule has 0 spiro atoms. The van der Waals surface area contributed by atoms with Crippen molar-refractivity contribution in [2.45, 2.75) is 30.5 Å². The van der Waals surface area contributed by atoms with Crippen LogP contribution in [0.5, 0.6) is 0 Å². The van der Waals surface area contributed by atoms with Crippen LogP contribution >= 0.6 is 11.3 Å². The molecule has 0 fully saturated rings. The Morgan fingerprint density at radius 3 is 2.57 bits per heavy atom. The van der Waals surface area contributed by atoms with E-state index in [-0.39, 0.29) is 12.5 Å². The number of aryl methyl sites for hydroxylation is 1.